The third-order valence-electron chi connectivity index (χ3n) is 1.98. The summed E-state index contributed by atoms with van der Waals surface area (Å²) in [5.41, 5.74) is 0.525. The number of benzene rings is 1. The molecule has 0 atom stereocenters. The first kappa shape index (κ1) is 9.92. The van der Waals surface area contributed by atoms with Crippen molar-refractivity contribution in [3.63, 3.8) is 0 Å². The lowest BCUT2D eigenvalue weighted by Crippen LogP contribution is -2.18. The number of aromatic nitrogens is 2. The summed E-state index contributed by atoms with van der Waals surface area (Å²) in [6.45, 7) is 0. The first-order valence-corrected chi connectivity index (χ1v) is 5.37. The van der Waals surface area contributed by atoms with E-state index in [1.807, 2.05) is 12.1 Å². The van der Waals surface area contributed by atoms with Crippen LogP contribution in [0.25, 0.3) is 10.9 Å². The van der Waals surface area contributed by atoms with Crippen molar-refractivity contribution in [3.8, 4) is 0 Å². The van der Waals surface area contributed by atoms with Crippen LogP contribution in [0.5, 0.6) is 0 Å². The fourth-order valence-electron chi connectivity index (χ4n) is 1.22. The zero-order valence-electron chi connectivity index (χ0n) is 7.29. The molecule has 0 spiro atoms. The van der Waals surface area contributed by atoms with E-state index in [4.69, 9.17) is 11.6 Å². The highest BCUT2D eigenvalue weighted by atomic mass is 127. The maximum Gasteiger partial charge on any atom is 0.262 e. The average molecular weight is 321 g/mol. The summed E-state index contributed by atoms with van der Waals surface area (Å²) in [6.07, 6.45) is 0. The fourth-order valence-corrected chi connectivity index (χ4v) is 1.87. The third kappa shape index (κ3) is 1.52. The van der Waals surface area contributed by atoms with E-state index >= 15 is 0 Å². The SMILES string of the molecule is Cn1c(Cl)nc2ccc(I)cc2c1=O. The molecule has 0 aliphatic carbocycles. The lowest BCUT2D eigenvalue weighted by Gasteiger charge is -2.03. The second-order valence-corrected chi connectivity index (χ2v) is 4.49. The van der Waals surface area contributed by atoms with E-state index in [9.17, 15) is 4.79 Å². The van der Waals surface area contributed by atoms with Crippen LogP contribution in [-0.2, 0) is 7.05 Å². The summed E-state index contributed by atoms with van der Waals surface area (Å²) in [5.74, 6) is 0. The van der Waals surface area contributed by atoms with E-state index in [1.165, 1.54) is 4.57 Å². The molecule has 2 aromatic rings. The Morgan fingerprint density at radius 3 is 2.93 bits per heavy atom. The van der Waals surface area contributed by atoms with Crippen LogP contribution in [0.2, 0.25) is 5.28 Å². The Kier molecular flexibility index (Phi) is 2.48. The van der Waals surface area contributed by atoms with Gasteiger partial charge in [0, 0.05) is 10.6 Å². The summed E-state index contributed by atoms with van der Waals surface area (Å²) < 4.78 is 2.34. The molecule has 0 fully saturated rings. The predicted molar refractivity (Wildman–Crippen MR) is 64.7 cm³/mol. The summed E-state index contributed by atoms with van der Waals surface area (Å²) in [4.78, 5) is 15.8. The lowest BCUT2D eigenvalue weighted by molar-refractivity contribution is 0.844. The normalized spacial score (nSPS) is 10.8. The summed E-state index contributed by atoms with van der Waals surface area (Å²) in [5, 5.41) is 0.813. The Morgan fingerprint density at radius 2 is 2.21 bits per heavy atom. The quantitative estimate of drug-likeness (QED) is 0.551. The maximum atomic E-state index is 11.7. The number of rotatable bonds is 0. The van der Waals surface area contributed by atoms with Crippen LogP contribution in [0.15, 0.2) is 23.0 Å². The topological polar surface area (TPSA) is 34.9 Å². The van der Waals surface area contributed by atoms with Crippen molar-refractivity contribution in [2.24, 2.45) is 7.05 Å². The second kappa shape index (κ2) is 3.51. The molecule has 1 aromatic heterocycles. The minimum Gasteiger partial charge on any atom is -0.286 e. The van der Waals surface area contributed by atoms with E-state index in [-0.39, 0.29) is 10.8 Å². The van der Waals surface area contributed by atoms with Gasteiger partial charge in [0.2, 0.25) is 5.28 Å². The molecular formula is C9H6ClIN2O. The van der Waals surface area contributed by atoms with Crippen LogP contribution in [-0.4, -0.2) is 9.55 Å². The molecule has 5 heteroatoms. The van der Waals surface area contributed by atoms with Crippen molar-refractivity contribution in [1.82, 2.24) is 9.55 Å². The van der Waals surface area contributed by atoms with Gasteiger partial charge in [0.05, 0.1) is 10.9 Å². The Balaban J connectivity index is 2.99. The van der Waals surface area contributed by atoms with E-state index in [0.29, 0.717) is 10.9 Å². The molecule has 0 aliphatic heterocycles. The number of fused-ring (bicyclic) bond motifs is 1. The zero-order valence-corrected chi connectivity index (χ0v) is 10.2. The van der Waals surface area contributed by atoms with Gasteiger partial charge in [-0.25, -0.2) is 4.98 Å². The molecule has 14 heavy (non-hydrogen) atoms. The number of nitrogens with zero attached hydrogens (tertiary/aromatic N) is 2. The van der Waals surface area contributed by atoms with E-state index in [2.05, 4.69) is 27.6 Å². The summed E-state index contributed by atoms with van der Waals surface area (Å²) >= 11 is 7.94. The van der Waals surface area contributed by atoms with Gasteiger partial charge in [0.1, 0.15) is 0 Å². The number of halogens is 2. The largest absolute Gasteiger partial charge is 0.286 e. The Labute approximate surface area is 98.9 Å². The maximum absolute atomic E-state index is 11.7. The first-order valence-electron chi connectivity index (χ1n) is 3.91. The highest BCUT2D eigenvalue weighted by Crippen LogP contribution is 2.14. The molecule has 72 valence electrons. The lowest BCUT2D eigenvalue weighted by atomic mass is 10.2. The molecule has 0 bridgehead atoms. The highest BCUT2D eigenvalue weighted by molar-refractivity contribution is 14.1. The molecule has 3 nitrogen and oxygen atoms in total. The molecule has 0 unspecified atom stereocenters. The van der Waals surface area contributed by atoms with Crippen molar-refractivity contribution < 1.29 is 0 Å². The van der Waals surface area contributed by atoms with Gasteiger partial charge >= 0.3 is 0 Å². The molecule has 0 aliphatic rings. The van der Waals surface area contributed by atoms with Crippen molar-refractivity contribution in [3.05, 3.63) is 37.4 Å². The van der Waals surface area contributed by atoms with Gasteiger partial charge < -0.3 is 0 Å². The van der Waals surface area contributed by atoms with E-state index < -0.39 is 0 Å². The second-order valence-electron chi connectivity index (χ2n) is 2.91. The molecule has 0 amide bonds. The first-order chi connectivity index (χ1) is 6.59. The van der Waals surface area contributed by atoms with Gasteiger partial charge in [0.15, 0.2) is 0 Å². The molecular weight excluding hydrogens is 314 g/mol. The minimum atomic E-state index is -0.112. The highest BCUT2D eigenvalue weighted by Gasteiger charge is 2.05. The van der Waals surface area contributed by atoms with Gasteiger partial charge in [-0.1, -0.05) is 0 Å². The van der Waals surface area contributed by atoms with Crippen LogP contribution in [0, 0.1) is 3.57 Å². The van der Waals surface area contributed by atoms with Gasteiger partial charge in [-0.2, -0.15) is 0 Å². The summed E-state index contributed by atoms with van der Waals surface area (Å²) in [6, 6.07) is 5.50. The Hall–Kier alpha value is -0.620. The molecule has 0 radical (unpaired) electrons. The molecule has 0 N–H and O–H groups in total. The predicted octanol–water partition coefficient (Wildman–Crippen LogP) is 2.19. The van der Waals surface area contributed by atoms with Gasteiger partial charge in [0.25, 0.3) is 5.56 Å². The smallest absolute Gasteiger partial charge is 0.262 e. The number of hydrogen-bond acceptors (Lipinski definition) is 2. The van der Waals surface area contributed by atoms with Crippen LogP contribution in [0.3, 0.4) is 0 Å². The van der Waals surface area contributed by atoms with Crippen molar-refractivity contribution in [1.29, 1.82) is 0 Å². The minimum absolute atomic E-state index is 0.112. The monoisotopic (exact) mass is 320 g/mol. The number of hydrogen-bond donors (Lipinski definition) is 0. The molecule has 1 heterocycles. The van der Waals surface area contributed by atoms with Crippen molar-refractivity contribution >= 4 is 45.1 Å². The van der Waals surface area contributed by atoms with E-state index in [0.717, 1.165) is 3.57 Å². The zero-order chi connectivity index (χ0) is 10.3. The summed E-state index contributed by atoms with van der Waals surface area (Å²) in [7, 11) is 1.61. The van der Waals surface area contributed by atoms with Gasteiger partial charge in [-0.15, -0.1) is 0 Å². The van der Waals surface area contributed by atoms with Gasteiger partial charge in [-0.3, -0.25) is 9.36 Å². The van der Waals surface area contributed by atoms with Crippen molar-refractivity contribution in [2.45, 2.75) is 0 Å². The molecule has 0 saturated carbocycles. The van der Waals surface area contributed by atoms with Gasteiger partial charge in [-0.05, 0) is 52.4 Å². The van der Waals surface area contributed by atoms with E-state index in [1.54, 1.807) is 13.1 Å². The molecule has 2 rings (SSSR count). The fraction of sp³-hybridized carbons (Fsp3) is 0.111. The molecule has 1 aromatic carbocycles. The Morgan fingerprint density at radius 1 is 1.50 bits per heavy atom. The molecule has 0 saturated heterocycles. The third-order valence-corrected chi connectivity index (χ3v) is 2.99. The Bertz CT molecular complexity index is 564. The van der Waals surface area contributed by atoms with Crippen LogP contribution in [0.1, 0.15) is 0 Å². The van der Waals surface area contributed by atoms with Crippen LogP contribution in [0.4, 0.5) is 0 Å². The van der Waals surface area contributed by atoms with Crippen molar-refractivity contribution in [2.75, 3.05) is 0 Å². The standard InChI is InChI=1S/C9H6ClIN2O/c1-13-8(14)6-4-5(11)2-3-7(6)12-9(13)10/h2-4H,1H3. The van der Waals surface area contributed by atoms with Crippen LogP contribution >= 0.6 is 34.2 Å². The average Bonchev–Trinajstić information content (AvgIpc) is 2.16. The van der Waals surface area contributed by atoms with Crippen LogP contribution < -0.4 is 5.56 Å².